The number of ether oxygens (including phenoxy) is 2. The van der Waals surface area contributed by atoms with Crippen LogP contribution in [0.2, 0.25) is 0 Å². The summed E-state index contributed by atoms with van der Waals surface area (Å²) < 4.78 is 12.0. The molecule has 1 aliphatic heterocycles. The van der Waals surface area contributed by atoms with Crippen molar-refractivity contribution in [1.82, 2.24) is 5.32 Å². The summed E-state index contributed by atoms with van der Waals surface area (Å²) in [6.07, 6.45) is -0.123. The number of amidine groups is 1. The SMILES string of the molecule is CC#CCOc1ccccc1-c1ccccc1OC(C)C1=NCCN1. The second-order valence-corrected chi connectivity index (χ2v) is 5.66. The van der Waals surface area contributed by atoms with Crippen LogP contribution in [-0.2, 0) is 0 Å². The molecule has 0 amide bonds. The van der Waals surface area contributed by atoms with Crippen LogP contribution in [0.1, 0.15) is 13.8 Å². The predicted octanol–water partition coefficient (Wildman–Crippen LogP) is 3.52. The first-order valence-electron chi connectivity index (χ1n) is 8.45. The van der Waals surface area contributed by atoms with E-state index in [-0.39, 0.29) is 6.10 Å². The van der Waals surface area contributed by atoms with Gasteiger partial charge >= 0.3 is 0 Å². The van der Waals surface area contributed by atoms with Crippen LogP contribution in [-0.4, -0.2) is 31.6 Å². The van der Waals surface area contributed by atoms with Gasteiger partial charge in [0, 0.05) is 17.7 Å². The molecule has 1 unspecified atom stereocenters. The number of para-hydroxylation sites is 2. The first-order valence-corrected chi connectivity index (χ1v) is 8.45. The van der Waals surface area contributed by atoms with Crippen molar-refractivity contribution < 1.29 is 9.47 Å². The highest BCUT2D eigenvalue weighted by Crippen LogP contribution is 2.36. The van der Waals surface area contributed by atoms with Crippen LogP contribution in [0.3, 0.4) is 0 Å². The Morgan fingerprint density at radius 1 is 1.08 bits per heavy atom. The lowest BCUT2D eigenvalue weighted by Crippen LogP contribution is -2.33. The van der Waals surface area contributed by atoms with Gasteiger partial charge in [0.2, 0.25) is 0 Å². The summed E-state index contributed by atoms with van der Waals surface area (Å²) >= 11 is 0. The highest BCUT2D eigenvalue weighted by molar-refractivity contribution is 5.88. The number of nitrogens with zero attached hydrogens (tertiary/aromatic N) is 1. The molecule has 0 aromatic heterocycles. The molecule has 4 nitrogen and oxygen atoms in total. The lowest BCUT2D eigenvalue weighted by atomic mass is 10.0. The minimum atomic E-state index is -0.123. The smallest absolute Gasteiger partial charge is 0.152 e. The molecule has 0 radical (unpaired) electrons. The standard InChI is InChI=1S/C21H22N2O2/c1-3-4-15-24-19-11-7-5-9-17(19)18-10-6-8-12-20(18)25-16(2)21-22-13-14-23-21/h5-12,16H,13-15H2,1-2H3,(H,22,23). The molecule has 1 heterocycles. The fourth-order valence-electron chi connectivity index (χ4n) is 2.73. The van der Waals surface area contributed by atoms with Gasteiger partial charge in [-0.2, -0.15) is 0 Å². The molecule has 0 fully saturated rings. The minimum Gasteiger partial charge on any atom is -0.482 e. The molecule has 0 aliphatic carbocycles. The van der Waals surface area contributed by atoms with Gasteiger partial charge in [0.05, 0.1) is 6.54 Å². The van der Waals surface area contributed by atoms with Crippen molar-refractivity contribution >= 4 is 5.84 Å². The first-order chi connectivity index (χ1) is 12.3. The Morgan fingerprint density at radius 2 is 1.76 bits per heavy atom. The number of hydrogen-bond acceptors (Lipinski definition) is 4. The second-order valence-electron chi connectivity index (χ2n) is 5.66. The molecule has 0 bridgehead atoms. The van der Waals surface area contributed by atoms with Gasteiger partial charge < -0.3 is 14.8 Å². The van der Waals surface area contributed by atoms with Crippen molar-refractivity contribution in [3.8, 4) is 34.5 Å². The molecule has 2 aromatic rings. The van der Waals surface area contributed by atoms with E-state index >= 15 is 0 Å². The van der Waals surface area contributed by atoms with Crippen molar-refractivity contribution in [2.75, 3.05) is 19.7 Å². The van der Waals surface area contributed by atoms with E-state index in [0.717, 1.165) is 41.6 Å². The van der Waals surface area contributed by atoms with Gasteiger partial charge in [-0.3, -0.25) is 4.99 Å². The summed E-state index contributed by atoms with van der Waals surface area (Å²) in [4.78, 5) is 4.44. The van der Waals surface area contributed by atoms with E-state index in [1.54, 1.807) is 6.92 Å². The molecule has 0 saturated carbocycles. The fourth-order valence-corrected chi connectivity index (χ4v) is 2.73. The van der Waals surface area contributed by atoms with Gasteiger partial charge in [-0.25, -0.2) is 0 Å². The Morgan fingerprint density at radius 3 is 2.44 bits per heavy atom. The largest absolute Gasteiger partial charge is 0.482 e. The number of hydrogen-bond donors (Lipinski definition) is 1. The lowest BCUT2D eigenvalue weighted by molar-refractivity contribution is 0.285. The molecule has 0 saturated heterocycles. The number of benzene rings is 2. The quantitative estimate of drug-likeness (QED) is 0.822. The fraction of sp³-hybridized carbons (Fsp3) is 0.286. The van der Waals surface area contributed by atoms with E-state index in [9.17, 15) is 0 Å². The highest BCUT2D eigenvalue weighted by atomic mass is 16.5. The van der Waals surface area contributed by atoms with E-state index in [4.69, 9.17) is 9.47 Å². The summed E-state index contributed by atoms with van der Waals surface area (Å²) in [5.74, 6) is 8.28. The topological polar surface area (TPSA) is 42.9 Å². The van der Waals surface area contributed by atoms with E-state index in [1.165, 1.54) is 0 Å². The Hall–Kier alpha value is -2.93. The average molecular weight is 334 g/mol. The molecule has 25 heavy (non-hydrogen) atoms. The number of rotatable bonds is 6. The normalized spacial score (nSPS) is 13.9. The van der Waals surface area contributed by atoms with Gasteiger partial charge in [0.1, 0.15) is 23.9 Å². The molecule has 1 N–H and O–H groups in total. The Balaban J connectivity index is 1.89. The summed E-state index contributed by atoms with van der Waals surface area (Å²) in [7, 11) is 0. The zero-order valence-corrected chi connectivity index (χ0v) is 14.6. The summed E-state index contributed by atoms with van der Waals surface area (Å²) in [6, 6.07) is 15.9. The van der Waals surface area contributed by atoms with E-state index < -0.39 is 0 Å². The van der Waals surface area contributed by atoms with Crippen LogP contribution < -0.4 is 14.8 Å². The summed E-state index contributed by atoms with van der Waals surface area (Å²) in [6.45, 7) is 5.86. The van der Waals surface area contributed by atoms with Gasteiger partial charge in [0.25, 0.3) is 0 Å². The van der Waals surface area contributed by atoms with E-state index in [1.807, 2.05) is 55.5 Å². The minimum absolute atomic E-state index is 0.123. The lowest BCUT2D eigenvalue weighted by Gasteiger charge is -2.19. The van der Waals surface area contributed by atoms with Crippen LogP contribution in [0.15, 0.2) is 53.5 Å². The third-order valence-electron chi connectivity index (χ3n) is 3.93. The molecule has 128 valence electrons. The predicted molar refractivity (Wildman–Crippen MR) is 101 cm³/mol. The number of nitrogens with one attached hydrogen (secondary N) is 1. The van der Waals surface area contributed by atoms with Crippen LogP contribution in [0.25, 0.3) is 11.1 Å². The van der Waals surface area contributed by atoms with Crippen LogP contribution in [0, 0.1) is 11.8 Å². The zero-order valence-electron chi connectivity index (χ0n) is 14.6. The van der Waals surface area contributed by atoms with Gasteiger partial charge in [-0.05, 0) is 26.0 Å². The van der Waals surface area contributed by atoms with Crippen molar-refractivity contribution in [3.63, 3.8) is 0 Å². The molecular weight excluding hydrogens is 312 g/mol. The van der Waals surface area contributed by atoms with Crippen molar-refractivity contribution in [2.45, 2.75) is 20.0 Å². The second kappa shape index (κ2) is 8.25. The van der Waals surface area contributed by atoms with Crippen LogP contribution in [0.4, 0.5) is 0 Å². The Kier molecular flexibility index (Phi) is 5.58. The maximum absolute atomic E-state index is 6.19. The first kappa shape index (κ1) is 16.9. The molecule has 2 aromatic carbocycles. The Labute approximate surface area is 148 Å². The van der Waals surface area contributed by atoms with Gasteiger partial charge in [-0.15, -0.1) is 5.92 Å². The molecule has 0 spiro atoms. The molecule has 3 rings (SSSR count). The average Bonchev–Trinajstić information content (AvgIpc) is 3.18. The van der Waals surface area contributed by atoms with Gasteiger partial charge in [0.15, 0.2) is 6.10 Å². The number of aliphatic imine (C=N–C) groups is 1. The monoisotopic (exact) mass is 334 g/mol. The zero-order chi connectivity index (χ0) is 17.5. The molecule has 4 heteroatoms. The van der Waals surface area contributed by atoms with E-state index in [2.05, 4.69) is 22.2 Å². The molecular formula is C21H22N2O2. The van der Waals surface area contributed by atoms with Crippen LogP contribution in [0.5, 0.6) is 11.5 Å². The van der Waals surface area contributed by atoms with Gasteiger partial charge in [-0.1, -0.05) is 42.3 Å². The summed E-state index contributed by atoms with van der Waals surface area (Å²) in [5.41, 5.74) is 1.98. The molecule has 1 aliphatic rings. The van der Waals surface area contributed by atoms with Crippen LogP contribution >= 0.6 is 0 Å². The third-order valence-corrected chi connectivity index (χ3v) is 3.93. The third kappa shape index (κ3) is 4.13. The van der Waals surface area contributed by atoms with E-state index in [0.29, 0.717) is 6.61 Å². The summed E-state index contributed by atoms with van der Waals surface area (Å²) in [5, 5.41) is 3.27. The highest BCUT2D eigenvalue weighted by Gasteiger charge is 2.18. The van der Waals surface area contributed by atoms with Crippen molar-refractivity contribution in [2.24, 2.45) is 4.99 Å². The van der Waals surface area contributed by atoms with Crippen molar-refractivity contribution in [3.05, 3.63) is 48.5 Å². The van der Waals surface area contributed by atoms with Crippen molar-refractivity contribution in [1.29, 1.82) is 0 Å². The Bertz CT molecular complexity index is 818. The molecule has 1 atom stereocenters. The maximum Gasteiger partial charge on any atom is 0.152 e. The maximum atomic E-state index is 6.19.